The minimum absolute atomic E-state index is 0. The summed E-state index contributed by atoms with van der Waals surface area (Å²) in [7, 11) is 0. The van der Waals surface area contributed by atoms with Gasteiger partial charge in [-0.05, 0) is 101 Å². The van der Waals surface area contributed by atoms with Crippen molar-refractivity contribution in [1.29, 1.82) is 0 Å². The van der Waals surface area contributed by atoms with Crippen LogP contribution in [-0.2, 0) is 42.7 Å². The number of pyridine rings is 1. The zero-order valence-corrected chi connectivity index (χ0v) is 45.0. The molecule has 366 valence electrons. The molecule has 0 aliphatic rings. The molecule has 0 saturated carbocycles. The Morgan fingerprint density at radius 2 is 1.12 bits per heavy atom. The quantitative estimate of drug-likeness (QED) is 0.113. The second kappa shape index (κ2) is 18.9. The summed E-state index contributed by atoms with van der Waals surface area (Å²) in [5.41, 5.74) is 6.03. The molecule has 0 saturated heterocycles. The molecular formula is C65H63N5OPt-2. The number of benzene rings is 7. The van der Waals surface area contributed by atoms with Gasteiger partial charge in [-0.2, -0.15) is 22.9 Å². The van der Waals surface area contributed by atoms with E-state index in [1.165, 1.54) is 10.2 Å². The molecule has 3 aromatic heterocycles. The summed E-state index contributed by atoms with van der Waals surface area (Å²) in [5, 5.41) is 7.28. The van der Waals surface area contributed by atoms with Gasteiger partial charge >= 0.3 is 0 Å². The molecule has 0 aliphatic carbocycles. The Labute approximate surface area is 454 Å². The Morgan fingerprint density at radius 3 is 1.72 bits per heavy atom. The molecule has 0 atom stereocenters. The van der Waals surface area contributed by atoms with Crippen LogP contribution in [0, 0.1) is 18.5 Å². The summed E-state index contributed by atoms with van der Waals surface area (Å²) in [6.45, 7) is 25.8. The third kappa shape index (κ3) is 9.87. The van der Waals surface area contributed by atoms with Crippen molar-refractivity contribution in [3.05, 3.63) is 204 Å². The predicted octanol–water partition coefficient (Wildman–Crippen LogP) is 16.0. The van der Waals surface area contributed by atoms with Crippen LogP contribution in [0.15, 0.2) is 164 Å². The number of nitrogens with zero attached hydrogens (tertiary/aromatic N) is 5. The van der Waals surface area contributed by atoms with Crippen LogP contribution in [-0.4, -0.2) is 19.3 Å². The molecule has 0 radical (unpaired) electrons. The van der Waals surface area contributed by atoms with E-state index >= 15 is 0 Å². The van der Waals surface area contributed by atoms with E-state index in [1.807, 2.05) is 36.5 Å². The minimum Gasteiger partial charge on any atom is -0.510 e. The molecule has 0 N–H and O–H groups in total. The Bertz CT molecular complexity index is 4040. The van der Waals surface area contributed by atoms with Crippen molar-refractivity contribution in [2.45, 2.75) is 105 Å². The smallest absolute Gasteiger partial charge is 0.233 e. The number of aromatic nitrogens is 5. The molecule has 7 heteroatoms. The average molecular weight is 1140 g/mol. The fourth-order valence-electron chi connectivity index (χ4n) is 8.77. The third-order valence-electron chi connectivity index (χ3n) is 12.9. The van der Waals surface area contributed by atoms with E-state index in [-0.39, 0.29) is 76.4 Å². The predicted molar refractivity (Wildman–Crippen MR) is 291 cm³/mol. The van der Waals surface area contributed by atoms with Crippen molar-refractivity contribution in [1.82, 2.24) is 19.3 Å². The van der Waals surface area contributed by atoms with Gasteiger partial charge in [-0.25, -0.2) is 4.98 Å². The van der Waals surface area contributed by atoms with Crippen LogP contribution >= 0.6 is 0 Å². The van der Waals surface area contributed by atoms with E-state index in [4.69, 9.17) is 23.0 Å². The molecule has 10 rings (SSSR count). The molecule has 3 heterocycles. The molecule has 72 heavy (non-hydrogen) atoms. The summed E-state index contributed by atoms with van der Waals surface area (Å²) in [5.74, 6) is 1.58. The fraction of sp³-hybridized carbons (Fsp3) is 0.246. The Kier molecular flexibility index (Phi) is 10.2. The van der Waals surface area contributed by atoms with Crippen molar-refractivity contribution in [2.24, 2.45) is 0 Å². The van der Waals surface area contributed by atoms with Crippen LogP contribution in [0.3, 0.4) is 0 Å². The maximum Gasteiger partial charge on any atom is 0.233 e. The first-order valence-electron chi connectivity index (χ1n) is 28.9. The van der Waals surface area contributed by atoms with Crippen molar-refractivity contribution in [3.8, 4) is 62.3 Å². The van der Waals surface area contributed by atoms with Crippen LogP contribution in [0.4, 0.5) is 0 Å². The van der Waals surface area contributed by atoms with Gasteiger partial charge in [0.15, 0.2) is 0 Å². The van der Waals surface area contributed by atoms with Crippen molar-refractivity contribution in [3.63, 3.8) is 0 Å². The number of rotatable bonds is 8. The standard InChI is InChI=1S/C65H63N5O.Pt/c1-62(2,3)45-29-32-57-56(38-45)55-31-30-52(41-58(55)70(57)59-39-46(33-34-66-59)63(4,5)6)71-51-26-19-25-49(40-51)69-42-68(50-36-47(64(7,8)9)35-48(37-50)65(10,11)12)61(67-69)60-53(43-21-15-13-16-22-43)27-20-28-54(60)44-23-17-14-18-24-44;/h13-39H,1-12H3;/q-2;/i13D,14D,15D,16D,17D,18D,21D,22D,23D,24D;. The third-order valence-corrected chi connectivity index (χ3v) is 12.9. The van der Waals surface area contributed by atoms with Crippen LogP contribution in [0.25, 0.3) is 72.6 Å². The maximum atomic E-state index is 9.25. The van der Waals surface area contributed by atoms with E-state index in [0.717, 1.165) is 44.3 Å². The van der Waals surface area contributed by atoms with Gasteiger partial charge in [0.1, 0.15) is 5.82 Å². The number of hydrogen-bond donors (Lipinski definition) is 0. The van der Waals surface area contributed by atoms with E-state index in [9.17, 15) is 5.48 Å². The topological polar surface area (TPSA) is 48.8 Å². The van der Waals surface area contributed by atoms with Crippen LogP contribution in [0.2, 0.25) is 0 Å². The monoisotopic (exact) mass is 1130 g/mol. The van der Waals surface area contributed by atoms with E-state index in [0.29, 0.717) is 22.9 Å². The average Bonchev–Trinajstić information content (AvgIpc) is 4.21. The van der Waals surface area contributed by atoms with Gasteiger partial charge in [-0.1, -0.05) is 198 Å². The van der Waals surface area contributed by atoms with E-state index in [1.54, 1.807) is 41.0 Å². The maximum absolute atomic E-state index is 9.25. The van der Waals surface area contributed by atoms with Crippen molar-refractivity contribution < 1.29 is 44.1 Å². The first-order chi connectivity index (χ1) is 37.8. The largest absolute Gasteiger partial charge is 0.510 e. The zero-order valence-electron chi connectivity index (χ0n) is 52.8. The van der Waals surface area contributed by atoms with Crippen LogP contribution in [0.1, 0.15) is 119 Å². The van der Waals surface area contributed by atoms with Gasteiger partial charge in [0.2, 0.25) is 12.2 Å². The van der Waals surface area contributed by atoms with Gasteiger partial charge < -0.3 is 13.9 Å². The van der Waals surface area contributed by atoms with E-state index < -0.39 is 60.4 Å². The molecule has 10 aromatic rings. The molecule has 0 unspecified atom stereocenters. The van der Waals surface area contributed by atoms with Gasteiger partial charge in [-0.3, -0.25) is 0 Å². The Hall–Kier alpha value is -6.88. The second-order valence-electron chi connectivity index (χ2n) is 22.2. The second-order valence-corrected chi connectivity index (χ2v) is 22.2. The first-order valence-corrected chi connectivity index (χ1v) is 23.9. The molecule has 0 amide bonds. The minimum atomic E-state index is -0.589. The molecule has 6 nitrogen and oxygen atoms in total. The summed E-state index contributed by atoms with van der Waals surface area (Å²) in [6, 6.07) is 32.4. The summed E-state index contributed by atoms with van der Waals surface area (Å²) >= 11 is 0. The number of ether oxygens (including phenoxy) is 1. The zero-order chi connectivity index (χ0) is 58.7. The normalized spacial score (nSPS) is 14.3. The molecule has 0 aliphatic heterocycles. The number of hydrogen-bond acceptors (Lipinski definition) is 3. The number of fused-ring (bicyclic) bond motifs is 3. The van der Waals surface area contributed by atoms with Gasteiger partial charge in [0, 0.05) is 55.5 Å². The Balaban J connectivity index is 0.00000810. The van der Waals surface area contributed by atoms with Crippen LogP contribution in [0.5, 0.6) is 11.5 Å². The first kappa shape index (κ1) is 38.8. The summed E-state index contributed by atoms with van der Waals surface area (Å²) in [6.07, 6.45) is 5.30. The molecular weight excluding hydrogens is 1060 g/mol. The molecule has 0 spiro atoms. The van der Waals surface area contributed by atoms with E-state index in [2.05, 4.69) is 136 Å². The summed E-state index contributed by atoms with van der Waals surface area (Å²) < 4.78 is 101. The Morgan fingerprint density at radius 1 is 0.556 bits per heavy atom. The fourth-order valence-corrected chi connectivity index (χ4v) is 8.77. The molecule has 7 aromatic carbocycles. The molecule has 0 bridgehead atoms. The van der Waals surface area contributed by atoms with Crippen LogP contribution < -0.4 is 9.30 Å². The summed E-state index contributed by atoms with van der Waals surface area (Å²) in [4.78, 5) is 4.89. The molecule has 0 fully saturated rings. The van der Waals surface area contributed by atoms with Crippen molar-refractivity contribution >= 4 is 21.8 Å². The SMILES string of the molecule is [2H]c1c([2H])c([2H])c(-c2cccc(-c3c([2H])c([2H])c([2H])c([2H])c3[2H])c2-c2nn(-c3[c-]c(Oc4[c-]c5c(cc4)c4cc(C(C)(C)C)ccc4n5-c4cc(C(C)(C)C)ccn4)ccc3)[c-][n+]2-c2cc(C(C)(C)C)cc(C(C)(C)C)c2)c([2H])c1[2H].[Pt]. The van der Waals surface area contributed by atoms with Gasteiger partial charge in [0.05, 0.1) is 13.7 Å². The van der Waals surface area contributed by atoms with Gasteiger partial charge in [-0.15, -0.1) is 29.7 Å². The van der Waals surface area contributed by atoms with Gasteiger partial charge in [0.25, 0.3) is 0 Å². The van der Waals surface area contributed by atoms with Crippen molar-refractivity contribution in [2.75, 3.05) is 0 Å².